The van der Waals surface area contributed by atoms with Crippen LogP contribution < -0.4 is 5.32 Å². The van der Waals surface area contributed by atoms with Crippen LogP contribution in [0, 0.1) is 5.92 Å². The first-order chi connectivity index (χ1) is 13.4. The van der Waals surface area contributed by atoms with Gasteiger partial charge in [0, 0.05) is 23.2 Å². The summed E-state index contributed by atoms with van der Waals surface area (Å²) in [6, 6.07) is 5.67. The fraction of sp³-hybridized carbons (Fsp3) is 0.550. The predicted octanol–water partition coefficient (Wildman–Crippen LogP) is 5.45. The van der Waals surface area contributed by atoms with Crippen LogP contribution in [0.2, 0.25) is 10.0 Å². The van der Waals surface area contributed by atoms with E-state index in [1.165, 1.54) is 31.0 Å². The Bertz CT molecular complexity index is 819. The van der Waals surface area contributed by atoms with Crippen molar-refractivity contribution in [3.63, 3.8) is 0 Å². The summed E-state index contributed by atoms with van der Waals surface area (Å²) in [6.45, 7) is 5.02. The minimum Gasteiger partial charge on any atom is -0.353 e. The molecule has 8 heteroatoms. The van der Waals surface area contributed by atoms with Gasteiger partial charge in [-0.2, -0.15) is 0 Å². The van der Waals surface area contributed by atoms with Gasteiger partial charge in [0.2, 0.25) is 5.91 Å². The minimum absolute atomic E-state index is 0.0575. The average molecular weight is 441 g/mol. The Morgan fingerprint density at radius 3 is 2.68 bits per heavy atom. The van der Waals surface area contributed by atoms with Crippen LogP contribution in [0.3, 0.4) is 0 Å². The predicted molar refractivity (Wildman–Crippen MR) is 116 cm³/mol. The molecule has 1 aliphatic rings. The zero-order valence-corrected chi connectivity index (χ0v) is 18.6. The number of carbonyl (C=O) groups excluding carboxylic acids is 1. The van der Waals surface area contributed by atoms with Gasteiger partial charge < -0.3 is 9.88 Å². The van der Waals surface area contributed by atoms with E-state index in [9.17, 15) is 4.79 Å². The monoisotopic (exact) mass is 440 g/mol. The topological polar surface area (TPSA) is 59.8 Å². The number of rotatable bonds is 7. The summed E-state index contributed by atoms with van der Waals surface area (Å²) in [6.07, 6.45) is 5.84. The van der Waals surface area contributed by atoms with Crippen LogP contribution in [0.4, 0.5) is 0 Å². The fourth-order valence-electron chi connectivity index (χ4n) is 3.44. The molecule has 2 aromatic rings. The Hall–Kier alpha value is -1.24. The summed E-state index contributed by atoms with van der Waals surface area (Å²) < 4.78 is 2.04. The maximum atomic E-state index is 12.4. The third kappa shape index (κ3) is 5.65. The zero-order chi connectivity index (χ0) is 20.1. The molecule has 1 heterocycles. The number of nitrogens with one attached hydrogen (secondary N) is 1. The second-order valence-electron chi connectivity index (χ2n) is 7.63. The van der Waals surface area contributed by atoms with E-state index < -0.39 is 0 Å². The van der Waals surface area contributed by atoms with Crippen molar-refractivity contribution >= 4 is 40.9 Å². The second kappa shape index (κ2) is 9.99. The lowest BCUT2D eigenvalue weighted by Crippen LogP contribution is -2.37. The Kier molecular flexibility index (Phi) is 7.66. The smallest absolute Gasteiger partial charge is 0.230 e. The summed E-state index contributed by atoms with van der Waals surface area (Å²) >= 11 is 13.8. The molecule has 0 radical (unpaired) electrons. The number of amides is 1. The van der Waals surface area contributed by atoms with Crippen LogP contribution in [0.15, 0.2) is 23.4 Å². The van der Waals surface area contributed by atoms with E-state index in [2.05, 4.69) is 29.4 Å². The summed E-state index contributed by atoms with van der Waals surface area (Å²) in [5.74, 6) is 1.49. The Balaban J connectivity index is 1.73. The van der Waals surface area contributed by atoms with Gasteiger partial charge in [0.05, 0.1) is 10.8 Å². The molecule has 0 bridgehead atoms. The highest BCUT2D eigenvalue weighted by atomic mass is 35.5. The van der Waals surface area contributed by atoms with E-state index in [0.29, 0.717) is 33.6 Å². The van der Waals surface area contributed by atoms with Crippen molar-refractivity contribution in [1.82, 2.24) is 20.1 Å². The number of hydrogen-bond donors (Lipinski definition) is 1. The molecule has 1 fully saturated rings. The third-order valence-corrected chi connectivity index (χ3v) is 6.25. The molecule has 1 N–H and O–H groups in total. The van der Waals surface area contributed by atoms with Crippen LogP contribution >= 0.6 is 35.0 Å². The van der Waals surface area contributed by atoms with Gasteiger partial charge in [-0.1, -0.05) is 68.1 Å². The molecular formula is C20H26Cl2N4OS. The molecule has 1 aromatic heterocycles. The molecule has 0 atom stereocenters. The molecule has 0 unspecified atom stereocenters. The van der Waals surface area contributed by atoms with Crippen LogP contribution in [-0.4, -0.2) is 32.5 Å². The molecule has 1 aliphatic carbocycles. The Labute approximate surface area is 180 Å². The average Bonchev–Trinajstić information content (AvgIpc) is 3.02. The van der Waals surface area contributed by atoms with E-state index in [-0.39, 0.29) is 5.91 Å². The minimum atomic E-state index is 0.0575. The first-order valence-electron chi connectivity index (χ1n) is 9.75. The lowest BCUT2D eigenvalue weighted by atomic mass is 9.95. The summed E-state index contributed by atoms with van der Waals surface area (Å²) in [5, 5.41) is 13.7. The van der Waals surface area contributed by atoms with Gasteiger partial charge in [0.1, 0.15) is 0 Å². The van der Waals surface area contributed by atoms with Gasteiger partial charge in [0.25, 0.3) is 0 Å². The second-order valence-corrected chi connectivity index (χ2v) is 9.41. The molecular weight excluding hydrogens is 415 g/mol. The number of aromatic nitrogens is 3. The number of hydrogen-bond acceptors (Lipinski definition) is 4. The Morgan fingerprint density at radius 2 is 2.00 bits per heavy atom. The van der Waals surface area contributed by atoms with Crippen molar-refractivity contribution in [2.45, 2.75) is 63.7 Å². The number of nitrogens with zero attached hydrogens (tertiary/aromatic N) is 3. The highest BCUT2D eigenvalue weighted by Crippen LogP contribution is 2.32. The summed E-state index contributed by atoms with van der Waals surface area (Å²) in [4.78, 5) is 12.4. The van der Waals surface area contributed by atoms with E-state index in [1.807, 2.05) is 10.6 Å². The molecule has 1 saturated carbocycles. The first kappa shape index (κ1) is 21.5. The van der Waals surface area contributed by atoms with Crippen molar-refractivity contribution < 1.29 is 4.79 Å². The quantitative estimate of drug-likeness (QED) is 0.581. The maximum Gasteiger partial charge on any atom is 0.230 e. The lowest BCUT2D eigenvalue weighted by Gasteiger charge is -2.22. The third-order valence-electron chi connectivity index (χ3n) is 4.74. The van der Waals surface area contributed by atoms with Crippen molar-refractivity contribution in [2.24, 2.45) is 5.92 Å². The van der Waals surface area contributed by atoms with Gasteiger partial charge in [-0.05, 0) is 37.0 Å². The van der Waals surface area contributed by atoms with E-state index in [1.54, 1.807) is 12.1 Å². The van der Waals surface area contributed by atoms with Crippen molar-refractivity contribution in [3.8, 4) is 11.4 Å². The molecule has 0 spiro atoms. The molecule has 152 valence electrons. The van der Waals surface area contributed by atoms with Gasteiger partial charge in [-0.3, -0.25) is 4.79 Å². The molecule has 5 nitrogen and oxygen atoms in total. The highest BCUT2D eigenvalue weighted by molar-refractivity contribution is 7.99. The van der Waals surface area contributed by atoms with Gasteiger partial charge in [-0.15, -0.1) is 10.2 Å². The molecule has 3 rings (SSSR count). The van der Waals surface area contributed by atoms with Crippen LogP contribution in [-0.2, 0) is 11.3 Å². The normalized spacial score (nSPS) is 15.2. The number of thioether (sulfide) groups is 1. The van der Waals surface area contributed by atoms with E-state index in [4.69, 9.17) is 23.2 Å². The lowest BCUT2D eigenvalue weighted by molar-refractivity contribution is -0.119. The zero-order valence-electron chi connectivity index (χ0n) is 16.3. The first-order valence-corrected chi connectivity index (χ1v) is 11.5. The van der Waals surface area contributed by atoms with Gasteiger partial charge in [-0.25, -0.2) is 0 Å². The largest absolute Gasteiger partial charge is 0.353 e. The van der Waals surface area contributed by atoms with E-state index in [0.717, 1.165) is 30.1 Å². The van der Waals surface area contributed by atoms with Crippen molar-refractivity contribution in [2.75, 3.05) is 5.75 Å². The molecule has 1 amide bonds. The molecule has 0 saturated heterocycles. The highest BCUT2D eigenvalue weighted by Gasteiger charge is 2.20. The summed E-state index contributed by atoms with van der Waals surface area (Å²) in [5.41, 5.74) is 0.790. The number of benzene rings is 1. The SMILES string of the molecule is CC(C)Cn1c(SCC(=O)NC2CCCCC2)nnc1-c1ccc(Cl)cc1Cl. The van der Waals surface area contributed by atoms with Crippen LogP contribution in [0.5, 0.6) is 0 Å². The van der Waals surface area contributed by atoms with Crippen LogP contribution in [0.25, 0.3) is 11.4 Å². The van der Waals surface area contributed by atoms with Crippen molar-refractivity contribution in [3.05, 3.63) is 28.2 Å². The number of carbonyl (C=O) groups is 1. The fourth-order valence-corrected chi connectivity index (χ4v) is 4.69. The molecule has 1 aromatic carbocycles. The summed E-state index contributed by atoms with van der Waals surface area (Å²) in [7, 11) is 0. The maximum absolute atomic E-state index is 12.4. The van der Waals surface area contributed by atoms with Crippen LogP contribution in [0.1, 0.15) is 46.0 Å². The van der Waals surface area contributed by atoms with Crippen molar-refractivity contribution in [1.29, 1.82) is 0 Å². The van der Waals surface area contributed by atoms with Gasteiger partial charge in [0.15, 0.2) is 11.0 Å². The van der Waals surface area contributed by atoms with E-state index >= 15 is 0 Å². The standard InChI is InChI=1S/C20H26Cl2N4OS/c1-13(2)11-26-19(16-9-8-14(21)10-17(16)22)24-25-20(26)28-12-18(27)23-15-6-4-3-5-7-15/h8-10,13,15H,3-7,11-12H2,1-2H3,(H,23,27). The molecule has 28 heavy (non-hydrogen) atoms. The van der Waals surface area contributed by atoms with Gasteiger partial charge >= 0.3 is 0 Å². The molecule has 0 aliphatic heterocycles. The number of halogens is 2. The Morgan fingerprint density at radius 1 is 1.25 bits per heavy atom.